The van der Waals surface area contributed by atoms with Gasteiger partial charge in [-0.15, -0.1) is 0 Å². The van der Waals surface area contributed by atoms with Gasteiger partial charge in [-0.1, -0.05) is 52.3 Å². The minimum Gasteiger partial charge on any atom is -0.361 e. The average molecular weight is 858 g/mol. The summed E-state index contributed by atoms with van der Waals surface area (Å²) in [6.45, 7) is 20.2. The van der Waals surface area contributed by atoms with Crippen LogP contribution < -0.4 is 0 Å². The molecule has 4 aromatic carbocycles. The van der Waals surface area contributed by atoms with Crippen molar-refractivity contribution in [3.8, 4) is 0 Å². The Morgan fingerprint density at radius 1 is 0.667 bits per heavy atom. The third kappa shape index (κ3) is 11.0. The van der Waals surface area contributed by atoms with Gasteiger partial charge in [0, 0.05) is 47.0 Å². The summed E-state index contributed by atoms with van der Waals surface area (Å²) in [6.07, 6.45) is -6.15. The summed E-state index contributed by atoms with van der Waals surface area (Å²) in [5.41, 5.74) is -2.01. The third-order valence-electron chi connectivity index (χ3n) is 8.82. The minimum atomic E-state index is -4.67. The Balaban J connectivity index is 0.000000212. The highest BCUT2D eigenvalue weighted by molar-refractivity contribution is 9.10. The Bertz CT molecular complexity index is 2510. The van der Waals surface area contributed by atoms with E-state index in [0.29, 0.717) is 10.9 Å². The van der Waals surface area contributed by atoms with Crippen LogP contribution in [0.3, 0.4) is 0 Å². The van der Waals surface area contributed by atoms with Gasteiger partial charge in [0.05, 0.1) is 34.1 Å². The van der Waals surface area contributed by atoms with Gasteiger partial charge in [0.15, 0.2) is 22.9 Å². The van der Waals surface area contributed by atoms with Crippen LogP contribution in [0, 0.1) is 24.8 Å². The van der Waals surface area contributed by atoms with E-state index < -0.39 is 50.5 Å². The molecule has 0 bridgehead atoms. The molecule has 0 amide bonds. The Morgan fingerprint density at radius 3 is 1.65 bits per heavy atom. The Kier molecular flexibility index (Phi) is 13.2. The molecule has 0 atom stereocenters. The summed E-state index contributed by atoms with van der Waals surface area (Å²) in [7, 11) is 0. The molecule has 6 rings (SSSR count). The van der Waals surface area contributed by atoms with E-state index in [1.54, 1.807) is 62.9 Å². The van der Waals surface area contributed by atoms with Crippen LogP contribution in [0.1, 0.15) is 49.9 Å². The topological polar surface area (TPSA) is 63.6 Å². The Hall–Kier alpha value is -5.80. The number of nitrogens with one attached hydrogen (secondary N) is 1. The smallest absolute Gasteiger partial charge is 0.361 e. The maximum Gasteiger partial charge on any atom is 0.407 e. The zero-order valence-corrected chi connectivity index (χ0v) is 32.3. The van der Waals surface area contributed by atoms with Crippen molar-refractivity contribution in [3.05, 3.63) is 154 Å². The number of carbonyl (C=O) groups excluding carboxylic acids is 2. The number of hydrogen-bond acceptors (Lipinski definition) is 2. The molecule has 57 heavy (non-hydrogen) atoms. The summed E-state index contributed by atoms with van der Waals surface area (Å²) in [6, 6.07) is 19.0. The first kappa shape index (κ1) is 43.9. The number of alkyl halides is 7. The van der Waals surface area contributed by atoms with Crippen LogP contribution in [0.2, 0.25) is 0 Å². The molecule has 0 aliphatic carbocycles. The van der Waals surface area contributed by atoms with Crippen molar-refractivity contribution < 1.29 is 44.7 Å². The van der Waals surface area contributed by atoms with E-state index >= 15 is 0 Å². The summed E-state index contributed by atoms with van der Waals surface area (Å²) in [4.78, 5) is 33.4. The molecule has 0 aliphatic rings. The lowest BCUT2D eigenvalue weighted by Crippen LogP contribution is -2.36. The fourth-order valence-corrected chi connectivity index (χ4v) is 5.73. The van der Waals surface area contributed by atoms with Crippen LogP contribution in [0.5, 0.6) is 0 Å². The molecule has 0 saturated heterocycles. The van der Waals surface area contributed by atoms with E-state index in [2.05, 4.69) is 30.6 Å². The fraction of sp³-hybridized carbons (Fsp3) is 0.238. The van der Waals surface area contributed by atoms with Gasteiger partial charge in [0.25, 0.3) is 0 Å². The highest BCUT2D eigenvalue weighted by Gasteiger charge is 2.36. The number of fused-ring (bicyclic) bond motifs is 2. The second-order valence-corrected chi connectivity index (χ2v) is 15.7. The van der Waals surface area contributed by atoms with E-state index in [1.807, 2.05) is 6.07 Å². The molecular weight excluding hydrogens is 824 g/mol. The molecule has 1 N–H and O–H groups in total. The summed E-state index contributed by atoms with van der Waals surface area (Å²) in [5.74, 6) is -1.12. The van der Waals surface area contributed by atoms with Gasteiger partial charge in [-0.25, -0.2) is 18.5 Å². The number of nitrogens with zero attached hydrogens (tertiary/aromatic N) is 3. The molecule has 15 heteroatoms. The van der Waals surface area contributed by atoms with E-state index in [-0.39, 0.29) is 41.4 Å². The van der Waals surface area contributed by atoms with Crippen LogP contribution in [-0.2, 0) is 40.3 Å². The first-order chi connectivity index (χ1) is 26.4. The van der Waals surface area contributed by atoms with Crippen LogP contribution in [0.15, 0.2) is 97.3 Å². The minimum absolute atomic E-state index is 0.111. The highest BCUT2D eigenvalue weighted by Crippen LogP contribution is 2.39. The number of aromatic nitrogens is 2. The molecule has 6 nitrogen and oxygen atoms in total. The second-order valence-electron chi connectivity index (χ2n) is 13.8. The van der Waals surface area contributed by atoms with Gasteiger partial charge in [-0.2, -0.15) is 26.3 Å². The average Bonchev–Trinajstić information content (AvgIpc) is 3.78. The van der Waals surface area contributed by atoms with E-state index in [1.165, 1.54) is 36.4 Å². The van der Waals surface area contributed by atoms with Crippen molar-refractivity contribution in [2.24, 2.45) is 0 Å². The largest absolute Gasteiger partial charge is 0.407 e. The molecule has 2 heterocycles. The molecule has 6 aromatic rings. The van der Waals surface area contributed by atoms with Gasteiger partial charge < -0.3 is 9.55 Å². The monoisotopic (exact) mass is 856 g/mol. The number of hydrogen-bond donors (Lipinski definition) is 1. The number of carbonyl (C=O) groups is 2. The molecule has 0 spiro atoms. The van der Waals surface area contributed by atoms with Crippen molar-refractivity contribution in [2.45, 2.75) is 62.8 Å². The van der Waals surface area contributed by atoms with Gasteiger partial charge in [0.2, 0.25) is 0 Å². The van der Waals surface area contributed by atoms with E-state index in [9.17, 15) is 44.7 Å². The van der Waals surface area contributed by atoms with Crippen molar-refractivity contribution in [2.75, 3.05) is 0 Å². The van der Waals surface area contributed by atoms with E-state index in [0.717, 1.165) is 35.2 Å². The zero-order valence-electron chi connectivity index (χ0n) is 30.7. The quantitative estimate of drug-likeness (QED) is 0.0987. The van der Waals surface area contributed by atoms with Crippen LogP contribution in [-0.4, -0.2) is 25.4 Å². The summed E-state index contributed by atoms with van der Waals surface area (Å²) >= 11 is 3.17. The first-order valence-electron chi connectivity index (χ1n) is 16.9. The van der Waals surface area contributed by atoms with E-state index in [4.69, 9.17) is 13.1 Å². The van der Waals surface area contributed by atoms with Crippen LogP contribution >= 0.6 is 15.9 Å². The number of halogens is 9. The molecule has 296 valence electrons. The molecule has 0 aliphatic heterocycles. The maximum atomic E-state index is 13.4. The lowest BCUT2D eigenvalue weighted by atomic mass is 9.92. The summed E-state index contributed by atoms with van der Waals surface area (Å²) < 4.78 is 105. The summed E-state index contributed by atoms with van der Waals surface area (Å²) in [5, 5.41) is 1.54. The highest BCUT2D eigenvalue weighted by atomic mass is 79.9. The fourth-order valence-electron chi connectivity index (χ4n) is 5.59. The van der Waals surface area contributed by atoms with Crippen molar-refractivity contribution in [3.63, 3.8) is 0 Å². The molecule has 0 radical (unpaired) electrons. The zero-order chi connectivity index (χ0) is 42.5. The van der Waals surface area contributed by atoms with Gasteiger partial charge >= 0.3 is 12.4 Å². The van der Waals surface area contributed by atoms with Crippen molar-refractivity contribution in [1.82, 2.24) is 9.55 Å². The van der Waals surface area contributed by atoms with Gasteiger partial charge in [-0.05, 0) is 87.4 Å². The Morgan fingerprint density at radius 2 is 1.16 bits per heavy atom. The molecule has 0 fully saturated rings. The third-order valence-corrected chi connectivity index (χ3v) is 9.26. The van der Waals surface area contributed by atoms with Gasteiger partial charge in [0.1, 0.15) is 11.6 Å². The lowest BCUT2D eigenvalue weighted by Gasteiger charge is -2.27. The van der Waals surface area contributed by atoms with Crippen LogP contribution in [0.4, 0.5) is 46.5 Å². The maximum absolute atomic E-state index is 13.4. The van der Waals surface area contributed by atoms with Crippen LogP contribution in [0.25, 0.3) is 31.5 Å². The number of aromatic amines is 1. The standard InChI is InChI=1S/C21H16F4N2O.C13H11BrF3NO.C8H6FN/c1-20(2,27-9-8-14-12-15(22)5-7-18(14)27)19(28)11-13-4-6-17(26-3)16(10-13)21(23,24)25;1-12(2,14)11(19)7-8-4-5-10(18-3)9(6-8)13(15,16)17;9-7-1-2-8-6(5-7)3-4-10-8/h4-10,12H,11H2,1-2H3;4-6H,7H2,1-2H3;1-5,10H. The number of rotatable bonds is 7. The first-order valence-corrected chi connectivity index (χ1v) is 17.7. The predicted molar refractivity (Wildman–Crippen MR) is 205 cm³/mol. The van der Waals surface area contributed by atoms with Crippen molar-refractivity contribution in [1.29, 1.82) is 0 Å². The SMILES string of the molecule is Fc1ccc2[nH]ccc2c1.[C-]#[N+]c1ccc(CC(=O)C(C)(C)Br)cc1C(F)(F)F.[C-]#[N+]c1ccc(CC(=O)C(C)(C)n2ccc3cc(F)ccc32)cc1C(F)(F)F. The van der Waals surface area contributed by atoms with Gasteiger partial charge in [-0.3, -0.25) is 9.59 Å². The number of Topliss-reactive ketones (excluding diaryl/α,β-unsaturated/α-hetero) is 2. The molecule has 0 unspecified atom stereocenters. The predicted octanol–water partition coefficient (Wildman–Crippen LogP) is 12.7. The molecule has 2 aromatic heterocycles. The molecule has 0 saturated carbocycles. The number of benzene rings is 4. The van der Waals surface area contributed by atoms with Crippen molar-refractivity contribution >= 4 is 60.7 Å². The number of ketones is 2. The molecular formula is C42H33BrF8N4O2. The second kappa shape index (κ2) is 17.1. The number of H-pyrrole nitrogens is 1. The normalized spacial score (nSPS) is 11.8. The lowest BCUT2D eigenvalue weighted by molar-refractivity contribution is -0.137. The Labute approximate surface area is 330 Å².